The molecule has 0 fully saturated rings. The Morgan fingerprint density at radius 3 is 2.22 bits per heavy atom. The number of hydrogen-bond acceptors (Lipinski definition) is 2. The fraction of sp³-hybridized carbons (Fsp3) is 0.300. The highest BCUT2D eigenvalue weighted by Gasteiger charge is 2.33. The van der Waals surface area contributed by atoms with E-state index in [0.29, 0.717) is 5.56 Å². The van der Waals surface area contributed by atoms with Gasteiger partial charge in [0.25, 0.3) is 5.91 Å². The number of amides is 2. The Morgan fingerprint density at radius 2 is 1.63 bits per heavy atom. The molecular formula is C20H21F3N2O2. The SMILES string of the molecule is Cc1cc(C)cc(C(=O)NCC(=O)N(C)Cc2ccccc2C(F)(F)F)c1. The van der Waals surface area contributed by atoms with Gasteiger partial charge in [-0.2, -0.15) is 13.2 Å². The van der Waals surface area contributed by atoms with Crippen molar-refractivity contribution in [2.75, 3.05) is 13.6 Å². The van der Waals surface area contributed by atoms with Gasteiger partial charge < -0.3 is 10.2 Å². The molecule has 0 heterocycles. The van der Waals surface area contributed by atoms with Gasteiger partial charge >= 0.3 is 6.18 Å². The maximum atomic E-state index is 13.0. The second-order valence-corrected chi connectivity index (χ2v) is 6.46. The largest absolute Gasteiger partial charge is 0.416 e. The van der Waals surface area contributed by atoms with Gasteiger partial charge in [0, 0.05) is 19.2 Å². The third-order valence-corrected chi connectivity index (χ3v) is 4.04. The maximum Gasteiger partial charge on any atom is 0.416 e. The third kappa shape index (κ3) is 5.57. The van der Waals surface area contributed by atoms with Crippen molar-refractivity contribution < 1.29 is 22.8 Å². The zero-order chi connectivity index (χ0) is 20.2. The normalized spacial score (nSPS) is 11.2. The van der Waals surface area contributed by atoms with Gasteiger partial charge in [0.05, 0.1) is 12.1 Å². The van der Waals surface area contributed by atoms with Crippen LogP contribution >= 0.6 is 0 Å². The number of hydrogen-bond donors (Lipinski definition) is 1. The molecule has 144 valence electrons. The van der Waals surface area contributed by atoms with E-state index in [1.165, 1.54) is 25.2 Å². The fourth-order valence-corrected chi connectivity index (χ4v) is 2.78. The summed E-state index contributed by atoms with van der Waals surface area (Å²) in [5.41, 5.74) is 1.51. The van der Waals surface area contributed by atoms with E-state index in [2.05, 4.69) is 5.32 Å². The second kappa shape index (κ2) is 8.24. The van der Waals surface area contributed by atoms with Crippen LogP contribution in [0.5, 0.6) is 0 Å². The number of rotatable bonds is 5. The molecule has 2 aromatic carbocycles. The van der Waals surface area contributed by atoms with Crippen LogP contribution in [0.2, 0.25) is 0 Å². The zero-order valence-electron chi connectivity index (χ0n) is 15.4. The van der Waals surface area contributed by atoms with Gasteiger partial charge in [0.2, 0.25) is 5.91 Å². The van der Waals surface area contributed by atoms with Crippen LogP contribution in [0, 0.1) is 13.8 Å². The lowest BCUT2D eigenvalue weighted by Crippen LogP contribution is -2.38. The summed E-state index contributed by atoms with van der Waals surface area (Å²) < 4.78 is 39.1. The standard InChI is InChI=1S/C20H21F3N2O2/c1-13-8-14(2)10-16(9-13)19(27)24-11-18(26)25(3)12-15-6-4-5-7-17(15)20(21,22)23/h4-10H,11-12H2,1-3H3,(H,24,27). The van der Waals surface area contributed by atoms with E-state index < -0.39 is 23.6 Å². The Morgan fingerprint density at radius 1 is 1.04 bits per heavy atom. The molecule has 0 aromatic heterocycles. The van der Waals surface area contributed by atoms with E-state index in [1.54, 1.807) is 12.1 Å². The Balaban J connectivity index is 1.99. The van der Waals surface area contributed by atoms with E-state index in [-0.39, 0.29) is 18.7 Å². The number of alkyl halides is 3. The summed E-state index contributed by atoms with van der Waals surface area (Å²) in [7, 11) is 1.40. The first kappa shape index (κ1) is 20.5. The molecular weight excluding hydrogens is 357 g/mol. The molecule has 0 aliphatic heterocycles. The van der Waals surface area contributed by atoms with Crippen molar-refractivity contribution in [2.24, 2.45) is 0 Å². The topological polar surface area (TPSA) is 49.4 Å². The van der Waals surface area contributed by atoms with Crippen molar-refractivity contribution in [3.05, 3.63) is 70.3 Å². The lowest BCUT2D eigenvalue weighted by molar-refractivity contribution is -0.139. The zero-order valence-corrected chi connectivity index (χ0v) is 15.4. The molecule has 0 aliphatic carbocycles. The molecule has 0 radical (unpaired) electrons. The molecule has 0 unspecified atom stereocenters. The molecule has 2 amide bonds. The Bertz CT molecular complexity index is 827. The first-order valence-corrected chi connectivity index (χ1v) is 8.33. The number of carbonyl (C=O) groups excluding carboxylic acids is 2. The monoisotopic (exact) mass is 378 g/mol. The smallest absolute Gasteiger partial charge is 0.343 e. The second-order valence-electron chi connectivity index (χ2n) is 6.46. The number of carbonyl (C=O) groups is 2. The highest BCUT2D eigenvalue weighted by molar-refractivity contribution is 5.96. The lowest BCUT2D eigenvalue weighted by Gasteiger charge is -2.20. The van der Waals surface area contributed by atoms with Gasteiger partial charge in [0.15, 0.2) is 0 Å². The van der Waals surface area contributed by atoms with Crippen LogP contribution in [0.4, 0.5) is 13.2 Å². The van der Waals surface area contributed by atoms with Gasteiger partial charge in [-0.3, -0.25) is 9.59 Å². The van der Waals surface area contributed by atoms with E-state index in [9.17, 15) is 22.8 Å². The Hall–Kier alpha value is -2.83. The summed E-state index contributed by atoms with van der Waals surface area (Å²) in [5.74, 6) is -0.885. The number of nitrogens with zero attached hydrogens (tertiary/aromatic N) is 1. The molecule has 0 aliphatic rings. The van der Waals surface area contributed by atoms with Gasteiger partial charge in [-0.1, -0.05) is 35.4 Å². The van der Waals surface area contributed by atoms with Gasteiger partial charge in [-0.25, -0.2) is 0 Å². The van der Waals surface area contributed by atoms with Crippen molar-refractivity contribution in [3.63, 3.8) is 0 Å². The number of likely N-dealkylation sites (N-methyl/N-ethyl adjacent to an activating group) is 1. The number of nitrogens with one attached hydrogen (secondary N) is 1. The lowest BCUT2D eigenvalue weighted by atomic mass is 10.1. The fourth-order valence-electron chi connectivity index (χ4n) is 2.78. The van der Waals surface area contributed by atoms with Crippen LogP contribution in [-0.2, 0) is 17.5 Å². The van der Waals surface area contributed by atoms with E-state index in [1.807, 2.05) is 19.9 Å². The molecule has 0 bridgehead atoms. The molecule has 2 rings (SSSR count). The minimum Gasteiger partial charge on any atom is -0.343 e. The van der Waals surface area contributed by atoms with Crippen molar-refractivity contribution >= 4 is 11.8 Å². The Labute approximate surface area is 156 Å². The van der Waals surface area contributed by atoms with Crippen molar-refractivity contribution in [3.8, 4) is 0 Å². The van der Waals surface area contributed by atoms with E-state index in [4.69, 9.17) is 0 Å². The summed E-state index contributed by atoms with van der Waals surface area (Å²) in [4.78, 5) is 25.6. The van der Waals surface area contributed by atoms with Gasteiger partial charge in [-0.05, 0) is 37.6 Å². The molecule has 0 saturated carbocycles. The highest BCUT2D eigenvalue weighted by Crippen LogP contribution is 2.32. The minimum absolute atomic E-state index is 0.00138. The van der Waals surface area contributed by atoms with Crippen LogP contribution in [0.3, 0.4) is 0 Å². The summed E-state index contributed by atoms with van der Waals surface area (Å²) in [6.07, 6.45) is -4.49. The third-order valence-electron chi connectivity index (χ3n) is 4.04. The van der Waals surface area contributed by atoms with Crippen molar-refractivity contribution in [1.82, 2.24) is 10.2 Å². The average molecular weight is 378 g/mol. The Kier molecular flexibility index (Phi) is 6.25. The average Bonchev–Trinajstić information content (AvgIpc) is 2.58. The summed E-state index contributed by atoms with van der Waals surface area (Å²) >= 11 is 0. The molecule has 7 heteroatoms. The predicted octanol–water partition coefficient (Wildman–Crippen LogP) is 3.71. The summed E-state index contributed by atoms with van der Waals surface area (Å²) in [6, 6.07) is 10.4. The molecule has 2 aromatic rings. The molecule has 1 N–H and O–H groups in total. The van der Waals surface area contributed by atoms with Crippen LogP contribution < -0.4 is 5.32 Å². The maximum absolute atomic E-state index is 13.0. The molecule has 27 heavy (non-hydrogen) atoms. The summed E-state index contributed by atoms with van der Waals surface area (Å²) in [5, 5.41) is 2.51. The molecule has 0 atom stereocenters. The van der Waals surface area contributed by atoms with Crippen LogP contribution in [-0.4, -0.2) is 30.3 Å². The quantitative estimate of drug-likeness (QED) is 0.862. The number of aryl methyl sites for hydroxylation is 2. The number of benzene rings is 2. The van der Waals surface area contributed by atoms with Crippen LogP contribution in [0.15, 0.2) is 42.5 Å². The molecule has 4 nitrogen and oxygen atoms in total. The van der Waals surface area contributed by atoms with Crippen molar-refractivity contribution in [1.29, 1.82) is 0 Å². The number of halogens is 3. The van der Waals surface area contributed by atoms with Gasteiger partial charge in [-0.15, -0.1) is 0 Å². The molecule has 0 spiro atoms. The summed E-state index contributed by atoms with van der Waals surface area (Å²) in [6.45, 7) is 3.23. The first-order chi connectivity index (χ1) is 12.6. The van der Waals surface area contributed by atoms with Crippen LogP contribution in [0.25, 0.3) is 0 Å². The minimum atomic E-state index is -4.49. The van der Waals surface area contributed by atoms with Gasteiger partial charge in [0.1, 0.15) is 0 Å². The van der Waals surface area contributed by atoms with Crippen molar-refractivity contribution in [2.45, 2.75) is 26.6 Å². The van der Waals surface area contributed by atoms with E-state index >= 15 is 0 Å². The predicted molar refractivity (Wildman–Crippen MR) is 96.2 cm³/mol. The van der Waals surface area contributed by atoms with Crippen LogP contribution in [0.1, 0.15) is 32.6 Å². The highest BCUT2D eigenvalue weighted by atomic mass is 19.4. The first-order valence-electron chi connectivity index (χ1n) is 8.33. The molecule has 0 saturated heterocycles. The van der Waals surface area contributed by atoms with E-state index in [0.717, 1.165) is 22.1 Å².